The summed E-state index contributed by atoms with van der Waals surface area (Å²) >= 11 is 0. The van der Waals surface area contributed by atoms with Crippen LogP contribution < -0.4 is 9.62 Å². The highest BCUT2D eigenvalue weighted by Crippen LogP contribution is 2.22. The van der Waals surface area contributed by atoms with E-state index in [9.17, 15) is 13.2 Å². The van der Waals surface area contributed by atoms with E-state index in [4.69, 9.17) is 0 Å². The fraction of sp³-hybridized carbons (Fsp3) is 0.375. The topological polar surface area (TPSA) is 84.3 Å². The van der Waals surface area contributed by atoms with Gasteiger partial charge in [0.05, 0.1) is 17.6 Å². The van der Waals surface area contributed by atoms with Gasteiger partial charge < -0.3 is 4.90 Å². The molecule has 0 unspecified atom stereocenters. The minimum atomic E-state index is -3.57. The molecule has 0 saturated carbocycles. The Kier molecular flexibility index (Phi) is 4.68. The number of nitrogens with one attached hydrogen (secondary N) is 1. The minimum Gasteiger partial charge on any atom is -0.312 e. The number of amides is 1. The number of aromatic nitrogens is 2. The first-order chi connectivity index (χ1) is 11.5. The van der Waals surface area contributed by atoms with E-state index in [1.54, 1.807) is 27.9 Å². The Morgan fingerprint density at radius 1 is 1.25 bits per heavy atom. The molecule has 1 aliphatic heterocycles. The van der Waals surface area contributed by atoms with Gasteiger partial charge >= 0.3 is 0 Å². The number of hydrogen-bond donors (Lipinski definition) is 1. The fourth-order valence-electron chi connectivity index (χ4n) is 2.69. The highest BCUT2D eigenvalue weighted by atomic mass is 32.2. The van der Waals surface area contributed by atoms with Crippen molar-refractivity contribution >= 4 is 21.6 Å². The molecule has 1 aliphatic rings. The van der Waals surface area contributed by atoms with Crippen LogP contribution in [0.3, 0.4) is 0 Å². The molecule has 1 N–H and O–H groups in total. The highest BCUT2D eigenvalue weighted by molar-refractivity contribution is 7.89. The van der Waals surface area contributed by atoms with E-state index in [2.05, 4.69) is 9.82 Å². The average molecular weight is 348 g/mol. The highest BCUT2D eigenvalue weighted by Gasteiger charge is 2.22. The van der Waals surface area contributed by atoms with Gasteiger partial charge in [0.25, 0.3) is 0 Å². The predicted octanol–water partition coefficient (Wildman–Crippen LogP) is 1.30. The van der Waals surface area contributed by atoms with E-state index in [1.807, 2.05) is 13.1 Å². The Hall–Kier alpha value is -2.19. The second-order valence-corrected chi connectivity index (χ2v) is 7.59. The fourth-order valence-corrected chi connectivity index (χ4v) is 3.71. The van der Waals surface area contributed by atoms with Crippen molar-refractivity contribution in [2.45, 2.75) is 31.2 Å². The number of aryl methyl sites for hydroxylation is 1. The molecule has 24 heavy (non-hydrogen) atoms. The number of hydrogen-bond acceptors (Lipinski definition) is 4. The van der Waals surface area contributed by atoms with Crippen LogP contribution in [0.4, 0.5) is 5.69 Å². The lowest BCUT2D eigenvalue weighted by Crippen LogP contribution is -2.28. The van der Waals surface area contributed by atoms with Crippen LogP contribution >= 0.6 is 0 Å². The number of nitrogens with zero attached hydrogens (tertiary/aromatic N) is 3. The first-order valence-corrected chi connectivity index (χ1v) is 9.33. The molecule has 3 rings (SSSR count). The number of sulfonamides is 1. The van der Waals surface area contributed by atoms with Crippen molar-refractivity contribution in [1.82, 2.24) is 14.5 Å². The molecule has 0 spiro atoms. The first kappa shape index (κ1) is 16.7. The third-order valence-electron chi connectivity index (χ3n) is 3.93. The molecule has 1 aromatic heterocycles. The van der Waals surface area contributed by atoms with E-state index in [0.717, 1.165) is 17.7 Å². The summed E-state index contributed by atoms with van der Waals surface area (Å²) in [5, 5.41) is 4.12. The van der Waals surface area contributed by atoms with E-state index < -0.39 is 10.0 Å². The molecule has 2 heterocycles. The summed E-state index contributed by atoms with van der Waals surface area (Å²) in [4.78, 5) is 13.6. The Labute approximate surface area is 141 Å². The summed E-state index contributed by atoms with van der Waals surface area (Å²) in [6.07, 6.45) is 4.98. The SMILES string of the molecule is Cc1cnn(CCNS(=O)(=O)c2ccc(N3CCCC3=O)cc2)c1. The quantitative estimate of drug-likeness (QED) is 0.853. The second kappa shape index (κ2) is 6.74. The van der Waals surface area contributed by atoms with Crippen LogP contribution in [0.25, 0.3) is 0 Å². The lowest BCUT2D eigenvalue weighted by molar-refractivity contribution is -0.117. The van der Waals surface area contributed by atoms with Crippen molar-refractivity contribution in [3.63, 3.8) is 0 Å². The molecule has 1 fully saturated rings. The average Bonchev–Trinajstić information content (AvgIpc) is 3.16. The minimum absolute atomic E-state index is 0.0817. The Balaban J connectivity index is 1.62. The smallest absolute Gasteiger partial charge is 0.240 e. The van der Waals surface area contributed by atoms with Crippen LogP contribution in [0, 0.1) is 6.92 Å². The van der Waals surface area contributed by atoms with Gasteiger partial charge in [-0.25, -0.2) is 13.1 Å². The van der Waals surface area contributed by atoms with E-state index in [1.165, 1.54) is 12.1 Å². The molecule has 128 valence electrons. The Morgan fingerprint density at radius 3 is 2.58 bits per heavy atom. The van der Waals surface area contributed by atoms with Gasteiger partial charge in [-0.1, -0.05) is 0 Å². The number of rotatable bonds is 6. The number of carbonyl (C=O) groups excluding carboxylic acids is 1. The van der Waals surface area contributed by atoms with Crippen molar-refractivity contribution in [3.05, 3.63) is 42.2 Å². The summed E-state index contributed by atoms with van der Waals surface area (Å²) < 4.78 is 28.9. The van der Waals surface area contributed by atoms with Gasteiger partial charge in [-0.15, -0.1) is 0 Å². The van der Waals surface area contributed by atoms with E-state index >= 15 is 0 Å². The lowest BCUT2D eigenvalue weighted by atomic mass is 10.3. The molecule has 1 aromatic carbocycles. The molecule has 7 nitrogen and oxygen atoms in total. The third-order valence-corrected chi connectivity index (χ3v) is 5.40. The first-order valence-electron chi connectivity index (χ1n) is 7.85. The van der Waals surface area contributed by atoms with E-state index in [0.29, 0.717) is 19.5 Å². The van der Waals surface area contributed by atoms with Crippen LogP contribution in [-0.4, -0.2) is 37.2 Å². The van der Waals surface area contributed by atoms with Gasteiger partial charge in [-0.2, -0.15) is 5.10 Å². The molecule has 0 bridgehead atoms. The largest absolute Gasteiger partial charge is 0.312 e. The summed E-state index contributed by atoms with van der Waals surface area (Å²) in [5.41, 5.74) is 1.77. The molecular formula is C16H20N4O3S. The predicted molar refractivity (Wildman–Crippen MR) is 90.2 cm³/mol. The van der Waals surface area contributed by atoms with Crippen molar-refractivity contribution in [2.24, 2.45) is 0 Å². The molecular weight excluding hydrogens is 328 g/mol. The van der Waals surface area contributed by atoms with Crippen LogP contribution in [0.15, 0.2) is 41.6 Å². The van der Waals surface area contributed by atoms with Crippen LogP contribution in [0.2, 0.25) is 0 Å². The molecule has 0 radical (unpaired) electrons. The van der Waals surface area contributed by atoms with Crippen molar-refractivity contribution < 1.29 is 13.2 Å². The molecule has 2 aromatic rings. The van der Waals surface area contributed by atoms with Crippen LogP contribution in [0.1, 0.15) is 18.4 Å². The van der Waals surface area contributed by atoms with Crippen molar-refractivity contribution in [2.75, 3.05) is 18.0 Å². The maximum atomic E-state index is 12.3. The monoisotopic (exact) mass is 348 g/mol. The zero-order chi connectivity index (χ0) is 17.2. The molecule has 8 heteroatoms. The van der Waals surface area contributed by atoms with Gasteiger partial charge in [0, 0.05) is 31.4 Å². The third kappa shape index (κ3) is 3.65. The maximum absolute atomic E-state index is 12.3. The Bertz CT molecular complexity index is 827. The van der Waals surface area contributed by atoms with Gasteiger partial charge in [0.2, 0.25) is 15.9 Å². The summed E-state index contributed by atoms with van der Waals surface area (Å²) in [7, 11) is -3.57. The second-order valence-electron chi connectivity index (χ2n) is 5.82. The zero-order valence-electron chi connectivity index (χ0n) is 13.5. The van der Waals surface area contributed by atoms with Gasteiger partial charge in [0.15, 0.2) is 0 Å². The maximum Gasteiger partial charge on any atom is 0.240 e. The molecule has 0 atom stereocenters. The van der Waals surface area contributed by atoms with Gasteiger partial charge in [-0.3, -0.25) is 9.48 Å². The van der Waals surface area contributed by atoms with Crippen LogP contribution in [-0.2, 0) is 21.4 Å². The van der Waals surface area contributed by atoms with Crippen LogP contribution in [0.5, 0.6) is 0 Å². The molecule has 0 aliphatic carbocycles. The zero-order valence-corrected chi connectivity index (χ0v) is 14.3. The number of benzene rings is 1. The summed E-state index contributed by atoms with van der Waals surface area (Å²) in [6, 6.07) is 6.41. The molecule has 1 amide bonds. The normalized spacial score (nSPS) is 15.2. The van der Waals surface area contributed by atoms with Gasteiger partial charge in [0.1, 0.15) is 0 Å². The van der Waals surface area contributed by atoms with E-state index in [-0.39, 0.29) is 17.3 Å². The standard InChI is InChI=1S/C16H20N4O3S/c1-13-11-17-19(12-13)10-8-18-24(22,23)15-6-4-14(5-7-15)20-9-2-3-16(20)21/h4-7,11-12,18H,2-3,8-10H2,1H3. The van der Waals surface area contributed by atoms with Crippen molar-refractivity contribution in [1.29, 1.82) is 0 Å². The number of carbonyl (C=O) groups is 1. The summed E-state index contributed by atoms with van der Waals surface area (Å²) in [5.74, 6) is 0.0817. The molecule has 1 saturated heterocycles. The summed E-state index contributed by atoms with van der Waals surface area (Å²) in [6.45, 7) is 3.34. The Morgan fingerprint density at radius 2 is 2.00 bits per heavy atom. The van der Waals surface area contributed by atoms with Crippen molar-refractivity contribution in [3.8, 4) is 0 Å². The number of anilines is 1. The lowest BCUT2D eigenvalue weighted by Gasteiger charge is -2.16. The van der Waals surface area contributed by atoms with Gasteiger partial charge in [-0.05, 0) is 43.2 Å².